The number of nitrogens with two attached hydrogens (primary N) is 1. The summed E-state index contributed by atoms with van der Waals surface area (Å²) in [6.07, 6.45) is 0. The molecule has 0 aliphatic carbocycles. The van der Waals surface area contributed by atoms with Crippen LogP contribution < -0.4 is 19.9 Å². The van der Waals surface area contributed by atoms with Gasteiger partial charge in [0, 0.05) is 6.07 Å². The molecule has 1 aliphatic rings. The molecule has 0 saturated carbocycles. The first-order valence-electron chi connectivity index (χ1n) is 6.76. The van der Waals surface area contributed by atoms with Crippen LogP contribution in [0.4, 0.5) is 4.39 Å². The smallest absolute Gasteiger partial charge is 0.161 e. The molecule has 2 aromatic rings. The van der Waals surface area contributed by atoms with Crippen LogP contribution in [0.3, 0.4) is 0 Å². The molecule has 2 aromatic carbocycles. The van der Waals surface area contributed by atoms with Crippen LogP contribution in [-0.4, -0.2) is 19.8 Å². The summed E-state index contributed by atoms with van der Waals surface area (Å²) < 4.78 is 29.6. The van der Waals surface area contributed by atoms with E-state index in [2.05, 4.69) is 0 Å². The van der Waals surface area contributed by atoms with E-state index in [1.165, 1.54) is 12.1 Å². The minimum atomic E-state index is -0.333. The van der Waals surface area contributed by atoms with Crippen LogP contribution in [0, 0.1) is 5.82 Å². The van der Waals surface area contributed by atoms with Gasteiger partial charge in [0.15, 0.2) is 11.5 Å². The standard InChI is InChI=1S/C16H16FNO3/c17-12-2-1-3-13(9-12)21-10-14(18)11-4-5-15-16(8-11)20-7-6-19-15/h1-5,8-9,14H,6-7,10,18H2. The van der Waals surface area contributed by atoms with Crippen molar-refractivity contribution in [3.63, 3.8) is 0 Å². The van der Waals surface area contributed by atoms with Gasteiger partial charge >= 0.3 is 0 Å². The quantitative estimate of drug-likeness (QED) is 0.940. The zero-order valence-electron chi connectivity index (χ0n) is 11.4. The van der Waals surface area contributed by atoms with Crippen LogP contribution >= 0.6 is 0 Å². The van der Waals surface area contributed by atoms with Crippen LogP contribution in [0.25, 0.3) is 0 Å². The molecule has 110 valence electrons. The van der Waals surface area contributed by atoms with Crippen molar-refractivity contribution in [2.75, 3.05) is 19.8 Å². The number of benzene rings is 2. The number of fused-ring (bicyclic) bond motifs is 1. The topological polar surface area (TPSA) is 53.7 Å². The Labute approximate surface area is 122 Å². The maximum absolute atomic E-state index is 13.1. The second-order valence-electron chi connectivity index (χ2n) is 4.78. The number of rotatable bonds is 4. The molecule has 0 aromatic heterocycles. The summed E-state index contributed by atoms with van der Waals surface area (Å²) in [7, 11) is 0. The molecule has 1 aliphatic heterocycles. The lowest BCUT2D eigenvalue weighted by Gasteiger charge is -2.20. The predicted octanol–water partition coefficient (Wildman–Crippen LogP) is 2.68. The van der Waals surface area contributed by atoms with Crippen molar-refractivity contribution in [1.29, 1.82) is 0 Å². The Balaban J connectivity index is 1.66. The summed E-state index contributed by atoms with van der Waals surface area (Å²) in [5.74, 6) is 1.55. The van der Waals surface area contributed by atoms with Gasteiger partial charge in [-0.05, 0) is 29.8 Å². The molecule has 1 heterocycles. The van der Waals surface area contributed by atoms with Crippen molar-refractivity contribution in [2.45, 2.75) is 6.04 Å². The maximum Gasteiger partial charge on any atom is 0.161 e. The van der Waals surface area contributed by atoms with Crippen molar-refractivity contribution < 1.29 is 18.6 Å². The fourth-order valence-corrected chi connectivity index (χ4v) is 2.13. The molecule has 5 heteroatoms. The van der Waals surface area contributed by atoms with Crippen LogP contribution in [-0.2, 0) is 0 Å². The zero-order valence-corrected chi connectivity index (χ0v) is 11.4. The number of halogens is 1. The molecular formula is C16H16FNO3. The summed E-state index contributed by atoms with van der Waals surface area (Å²) in [4.78, 5) is 0. The van der Waals surface area contributed by atoms with Gasteiger partial charge in [0.2, 0.25) is 0 Å². The predicted molar refractivity (Wildman–Crippen MR) is 76.3 cm³/mol. The molecule has 4 nitrogen and oxygen atoms in total. The molecule has 0 saturated heterocycles. The highest BCUT2D eigenvalue weighted by atomic mass is 19.1. The Kier molecular flexibility index (Phi) is 3.92. The van der Waals surface area contributed by atoms with Gasteiger partial charge in [-0.2, -0.15) is 0 Å². The fourth-order valence-electron chi connectivity index (χ4n) is 2.13. The van der Waals surface area contributed by atoms with Crippen LogP contribution in [0.15, 0.2) is 42.5 Å². The lowest BCUT2D eigenvalue weighted by molar-refractivity contribution is 0.171. The second-order valence-corrected chi connectivity index (χ2v) is 4.78. The fraction of sp³-hybridized carbons (Fsp3) is 0.250. The molecule has 3 rings (SSSR count). The molecule has 1 unspecified atom stereocenters. The zero-order chi connectivity index (χ0) is 14.7. The first-order valence-corrected chi connectivity index (χ1v) is 6.76. The highest BCUT2D eigenvalue weighted by Crippen LogP contribution is 2.32. The van der Waals surface area contributed by atoms with Crippen molar-refractivity contribution in [3.05, 3.63) is 53.8 Å². The molecule has 0 fully saturated rings. The Morgan fingerprint density at radius 3 is 2.71 bits per heavy atom. The van der Waals surface area contributed by atoms with Crippen molar-refractivity contribution >= 4 is 0 Å². The number of hydrogen-bond acceptors (Lipinski definition) is 4. The van der Waals surface area contributed by atoms with Gasteiger partial charge in [-0.15, -0.1) is 0 Å². The highest BCUT2D eigenvalue weighted by Gasteiger charge is 2.15. The molecule has 1 atom stereocenters. The van der Waals surface area contributed by atoms with E-state index in [4.69, 9.17) is 19.9 Å². The van der Waals surface area contributed by atoms with Gasteiger partial charge in [-0.1, -0.05) is 12.1 Å². The molecule has 0 bridgehead atoms. The van der Waals surface area contributed by atoms with E-state index in [0.29, 0.717) is 24.7 Å². The third-order valence-corrected chi connectivity index (χ3v) is 3.22. The van der Waals surface area contributed by atoms with Gasteiger partial charge in [0.05, 0.1) is 6.04 Å². The summed E-state index contributed by atoms with van der Waals surface area (Å²) >= 11 is 0. The average molecular weight is 289 g/mol. The molecule has 21 heavy (non-hydrogen) atoms. The van der Waals surface area contributed by atoms with Gasteiger partial charge in [0.1, 0.15) is 31.4 Å². The molecule has 2 N–H and O–H groups in total. The van der Waals surface area contributed by atoms with Crippen molar-refractivity contribution in [1.82, 2.24) is 0 Å². The van der Waals surface area contributed by atoms with Gasteiger partial charge in [-0.25, -0.2) is 4.39 Å². The number of hydrogen-bond donors (Lipinski definition) is 1. The SMILES string of the molecule is NC(COc1cccc(F)c1)c1ccc2c(c1)OCCO2. The Bertz CT molecular complexity index is 633. The monoisotopic (exact) mass is 289 g/mol. The Morgan fingerprint density at radius 1 is 1.10 bits per heavy atom. The Morgan fingerprint density at radius 2 is 1.90 bits per heavy atom. The normalized spacial score (nSPS) is 14.6. The summed E-state index contributed by atoms with van der Waals surface area (Å²) in [5, 5.41) is 0. The highest BCUT2D eigenvalue weighted by molar-refractivity contribution is 5.44. The summed E-state index contributed by atoms with van der Waals surface area (Å²) in [5.41, 5.74) is 6.98. The average Bonchev–Trinajstić information content (AvgIpc) is 2.52. The first kappa shape index (κ1) is 13.7. The third-order valence-electron chi connectivity index (χ3n) is 3.22. The van der Waals surface area contributed by atoms with E-state index in [1.54, 1.807) is 12.1 Å². The molecule has 0 amide bonds. The minimum Gasteiger partial charge on any atom is -0.492 e. The molecule has 0 spiro atoms. The van der Waals surface area contributed by atoms with E-state index in [1.807, 2.05) is 18.2 Å². The van der Waals surface area contributed by atoms with Crippen LogP contribution in [0.2, 0.25) is 0 Å². The van der Waals surface area contributed by atoms with E-state index >= 15 is 0 Å². The lowest BCUT2D eigenvalue weighted by atomic mass is 10.1. The van der Waals surface area contributed by atoms with Gasteiger partial charge in [0.25, 0.3) is 0 Å². The van der Waals surface area contributed by atoms with E-state index in [9.17, 15) is 4.39 Å². The summed E-state index contributed by atoms with van der Waals surface area (Å²) in [6.45, 7) is 1.34. The van der Waals surface area contributed by atoms with Gasteiger partial charge < -0.3 is 19.9 Å². The minimum absolute atomic E-state index is 0.253. The van der Waals surface area contributed by atoms with Crippen molar-refractivity contribution in [3.8, 4) is 17.2 Å². The largest absolute Gasteiger partial charge is 0.492 e. The number of ether oxygens (including phenoxy) is 3. The first-order chi connectivity index (χ1) is 10.2. The van der Waals surface area contributed by atoms with E-state index in [0.717, 1.165) is 11.3 Å². The second kappa shape index (κ2) is 6.01. The third kappa shape index (κ3) is 3.25. The van der Waals surface area contributed by atoms with E-state index in [-0.39, 0.29) is 18.5 Å². The van der Waals surface area contributed by atoms with Gasteiger partial charge in [-0.3, -0.25) is 0 Å². The van der Waals surface area contributed by atoms with Crippen LogP contribution in [0.1, 0.15) is 11.6 Å². The van der Waals surface area contributed by atoms with Crippen LogP contribution in [0.5, 0.6) is 17.2 Å². The van der Waals surface area contributed by atoms with E-state index < -0.39 is 0 Å². The molecular weight excluding hydrogens is 273 g/mol. The van der Waals surface area contributed by atoms with Crippen molar-refractivity contribution in [2.24, 2.45) is 5.73 Å². The summed E-state index contributed by atoms with van der Waals surface area (Å²) in [6, 6.07) is 11.2. The maximum atomic E-state index is 13.1. The Hall–Kier alpha value is -2.27. The molecule has 0 radical (unpaired) electrons. The lowest BCUT2D eigenvalue weighted by Crippen LogP contribution is -2.20.